The lowest BCUT2D eigenvalue weighted by molar-refractivity contribution is 0.243. The minimum absolute atomic E-state index is 0.174. The van der Waals surface area contributed by atoms with Gasteiger partial charge in [0.15, 0.2) is 0 Å². The number of amides is 2. The summed E-state index contributed by atoms with van der Waals surface area (Å²) in [4.78, 5) is 10.6. The van der Waals surface area contributed by atoms with Crippen LogP contribution in [0, 0.1) is 6.54 Å². The number of nitrogens with one attached hydrogen (secondary N) is 2. The van der Waals surface area contributed by atoms with Gasteiger partial charge in [-0.1, -0.05) is 0 Å². The van der Waals surface area contributed by atoms with E-state index in [0.717, 1.165) is 6.42 Å². The van der Waals surface area contributed by atoms with E-state index in [9.17, 15) is 4.79 Å². The first-order chi connectivity index (χ1) is 4.81. The van der Waals surface area contributed by atoms with Crippen molar-refractivity contribution >= 4 is 17.6 Å². The molecule has 4 heteroatoms. The molecule has 0 fully saturated rings. The van der Waals surface area contributed by atoms with Gasteiger partial charge in [-0.15, -0.1) is 11.6 Å². The van der Waals surface area contributed by atoms with Crippen LogP contribution in [0.3, 0.4) is 0 Å². The summed E-state index contributed by atoms with van der Waals surface area (Å²) in [6.07, 6.45) is 0.804. The van der Waals surface area contributed by atoms with E-state index in [1.54, 1.807) is 13.5 Å². The third-order valence-electron chi connectivity index (χ3n) is 0.871. The van der Waals surface area contributed by atoms with Crippen molar-refractivity contribution in [2.75, 3.05) is 12.4 Å². The molecule has 59 valence electrons. The number of carbonyl (C=O) groups is 1. The van der Waals surface area contributed by atoms with Gasteiger partial charge in [-0.25, -0.2) is 4.79 Å². The Balaban J connectivity index is 3.05. The molecule has 0 spiro atoms. The first kappa shape index (κ1) is 9.56. The number of rotatable bonds is 4. The zero-order valence-corrected chi connectivity index (χ0v) is 6.74. The molecule has 10 heavy (non-hydrogen) atoms. The molecule has 0 bridgehead atoms. The smallest absolute Gasteiger partial charge is 0.315 e. The zero-order chi connectivity index (χ0) is 7.82. The maximum Gasteiger partial charge on any atom is 0.315 e. The van der Waals surface area contributed by atoms with E-state index in [4.69, 9.17) is 11.6 Å². The first-order valence-corrected chi connectivity index (χ1v) is 3.73. The predicted octanol–water partition coefficient (Wildman–Crippen LogP) is 1.10. The third kappa shape index (κ3) is 5.69. The van der Waals surface area contributed by atoms with Gasteiger partial charge in [0.05, 0.1) is 0 Å². The number of alkyl halides is 1. The van der Waals surface area contributed by atoms with Crippen molar-refractivity contribution < 1.29 is 4.79 Å². The Morgan fingerprint density at radius 1 is 1.70 bits per heavy atom. The van der Waals surface area contributed by atoms with Gasteiger partial charge in [0.2, 0.25) is 0 Å². The van der Waals surface area contributed by atoms with E-state index in [1.807, 2.05) is 0 Å². The summed E-state index contributed by atoms with van der Waals surface area (Å²) in [5, 5.41) is 5.11. The predicted molar refractivity (Wildman–Crippen MR) is 41.8 cm³/mol. The summed E-state index contributed by atoms with van der Waals surface area (Å²) in [6, 6.07) is -0.174. The maximum absolute atomic E-state index is 10.6. The van der Waals surface area contributed by atoms with Gasteiger partial charge in [-0.3, -0.25) is 0 Å². The quantitative estimate of drug-likeness (QED) is 0.473. The highest BCUT2D eigenvalue weighted by Crippen LogP contribution is 1.80. The summed E-state index contributed by atoms with van der Waals surface area (Å²) < 4.78 is 0. The highest BCUT2D eigenvalue weighted by atomic mass is 35.5. The van der Waals surface area contributed by atoms with Crippen LogP contribution in [0.25, 0.3) is 0 Å². The first-order valence-electron chi connectivity index (χ1n) is 3.19. The molecule has 0 saturated carbocycles. The van der Waals surface area contributed by atoms with Crippen molar-refractivity contribution in [3.05, 3.63) is 6.54 Å². The van der Waals surface area contributed by atoms with E-state index < -0.39 is 0 Å². The summed E-state index contributed by atoms with van der Waals surface area (Å²) in [5.74, 6) is 0.579. The Morgan fingerprint density at radius 3 is 2.90 bits per heavy atom. The van der Waals surface area contributed by atoms with Crippen LogP contribution in [-0.2, 0) is 0 Å². The van der Waals surface area contributed by atoms with Crippen LogP contribution >= 0.6 is 11.6 Å². The van der Waals surface area contributed by atoms with Crippen LogP contribution in [0.1, 0.15) is 13.3 Å². The van der Waals surface area contributed by atoms with Crippen molar-refractivity contribution in [3.8, 4) is 0 Å². The molecular formula is C6H12ClN2O. The molecule has 0 saturated heterocycles. The van der Waals surface area contributed by atoms with Gasteiger partial charge in [0, 0.05) is 19.0 Å². The summed E-state index contributed by atoms with van der Waals surface area (Å²) in [6.45, 7) is 3.96. The highest BCUT2D eigenvalue weighted by Gasteiger charge is 1.93. The highest BCUT2D eigenvalue weighted by molar-refractivity contribution is 6.17. The summed E-state index contributed by atoms with van der Waals surface area (Å²) in [5.41, 5.74) is 0. The van der Waals surface area contributed by atoms with Crippen LogP contribution in [0.4, 0.5) is 4.79 Å². The standard InChI is InChI=1S/C6H12ClN2O/c1-2-8-6(10)9-5-3-4-7/h2H,3-5H2,1H3,(H2,8,9,10). The second-order valence-electron chi connectivity index (χ2n) is 1.73. The molecule has 0 aliphatic heterocycles. The molecule has 0 aliphatic rings. The lowest BCUT2D eigenvalue weighted by atomic mass is 10.5. The molecule has 0 atom stereocenters. The van der Waals surface area contributed by atoms with Crippen molar-refractivity contribution in [2.24, 2.45) is 0 Å². The molecule has 2 amide bonds. The van der Waals surface area contributed by atoms with Gasteiger partial charge >= 0.3 is 6.03 Å². The molecule has 0 aromatic carbocycles. The Hall–Kier alpha value is -0.440. The van der Waals surface area contributed by atoms with Crippen molar-refractivity contribution in [2.45, 2.75) is 13.3 Å². The molecule has 0 heterocycles. The Morgan fingerprint density at radius 2 is 2.40 bits per heavy atom. The van der Waals surface area contributed by atoms with Crippen LogP contribution < -0.4 is 10.6 Å². The van der Waals surface area contributed by atoms with Crippen LogP contribution in [0.5, 0.6) is 0 Å². The number of carbonyl (C=O) groups excluding carboxylic acids is 1. The van der Waals surface area contributed by atoms with E-state index in [0.29, 0.717) is 12.4 Å². The average molecular weight is 164 g/mol. The fourth-order valence-electron chi connectivity index (χ4n) is 0.451. The molecule has 0 aromatic heterocycles. The maximum atomic E-state index is 10.6. The molecule has 0 rings (SSSR count). The second-order valence-corrected chi connectivity index (χ2v) is 2.11. The Bertz CT molecular complexity index is 97.7. The Labute approximate surface area is 66.1 Å². The molecule has 1 radical (unpaired) electrons. The normalized spacial score (nSPS) is 9.00. The average Bonchev–Trinajstić information content (AvgIpc) is 1.89. The lowest BCUT2D eigenvalue weighted by Gasteiger charge is -2.02. The van der Waals surface area contributed by atoms with Gasteiger partial charge < -0.3 is 10.6 Å². The largest absolute Gasteiger partial charge is 0.338 e. The van der Waals surface area contributed by atoms with E-state index in [1.165, 1.54) is 0 Å². The Kier molecular flexibility index (Phi) is 6.38. The van der Waals surface area contributed by atoms with Gasteiger partial charge in [-0.05, 0) is 13.3 Å². The van der Waals surface area contributed by atoms with Gasteiger partial charge in [-0.2, -0.15) is 0 Å². The topological polar surface area (TPSA) is 41.1 Å². The van der Waals surface area contributed by atoms with Crippen LogP contribution in [0.15, 0.2) is 0 Å². The van der Waals surface area contributed by atoms with Crippen LogP contribution in [-0.4, -0.2) is 18.5 Å². The van der Waals surface area contributed by atoms with E-state index in [-0.39, 0.29) is 6.03 Å². The molecule has 0 aliphatic carbocycles. The number of halogens is 1. The molecular weight excluding hydrogens is 152 g/mol. The number of urea groups is 1. The van der Waals surface area contributed by atoms with Gasteiger partial charge in [0.1, 0.15) is 0 Å². The van der Waals surface area contributed by atoms with E-state index in [2.05, 4.69) is 10.6 Å². The summed E-state index contributed by atoms with van der Waals surface area (Å²) in [7, 11) is 0. The minimum atomic E-state index is -0.174. The molecule has 0 unspecified atom stereocenters. The second kappa shape index (κ2) is 6.68. The number of hydrogen-bond acceptors (Lipinski definition) is 1. The summed E-state index contributed by atoms with van der Waals surface area (Å²) >= 11 is 5.38. The molecule has 0 aromatic rings. The molecule has 3 nitrogen and oxygen atoms in total. The van der Waals surface area contributed by atoms with Crippen LogP contribution in [0.2, 0.25) is 0 Å². The number of hydrogen-bond donors (Lipinski definition) is 2. The molecule has 2 N–H and O–H groups in total. The van der Waals surface area contributed by atoms with E-state index >= 15 is 0 Å². The fraction of sp³-hybridized carbons (Fsp3) is 0.667. The third-order valence-corrected chi connectivity index (χ3v) is 1.14. The zero-order valence-electron chi connectivity index (χ0n) is 5.98. The van der Waals surface area contributed by atoms with Crippen molar-refractivity contribution in [3.63, 3.8) is 0 Å². The fourth-order valence-corrected chi connectivity index (χ4v) is 0.584. The van der Waals surface area contributed by atoms with Gasteiger partial charge in [0.25, 0.3) is 0 Å². The van der Waals surface area contributed by atoms with Crippen molar-refractivity contribution in [1.82, 2.24) is 10.6 Å². The minimum Gasteiger partial charge on any atom is -0.338 e. The van der Waals surface area contributed by atoms with Crippen molar-refractivity contribution in [1.29, 1.82) is 0 Å². The monoisotopic (exact) mass is 163 g/mol. The SMILES string of the molecule is C[CH]NC(=O)NCCCCl. The lowest BCUT2D eigenvalue weighted by Crippen LogP contribution is -2.33.